The quantitative estimate of drug-likeness (QED) is 0.670. The van der Waals surface area contributed by atoms with Gasteiger partial charge in [0.1, 0.15) is 5.84 Å². The van der Waals surface area contributed by atoms with E-state index in [1.165, 1.54) is 6.07 Å². The van der Waals surface area contributed by atoms with Crippen LogP contribution in [0.25, 0.3) is 0 Å². The number of nitrogens with zero attached hydrogens (tertiary/aromatic N) is 1. The number of esters is 1. The van der Waals surface area contributed by atoms with Gasteiger partial charge in [-0.1, -0.05) is 31.2 Å². The van der Waals surface area contributed by atoms with Crippen LogP contribution >= 0.6 is 0 Å². The van der Waals surface area contributed by atoms with Crippen molar-refractivity contribution in [2.24, 2.45) is 4.99 Å². The van der Waals surface area contributed by atoms with Crippen molar-refractivity contribution in [2.75, 3.05) is 18.5 Å². The number of rotatable bonds is 7. The van der Waals surface area contributed by atoms with Crippen molar-refractivity contribution in [3.8, 4) is 0 Å². The van der Waals surface area contributed by atoms with Gasteiger partial charge in [-0.2, -0.15) is 0 Å². The van der Waals surface area contributed by atoms with E-state index in [1.54, 1.807) is 24.3 Å². The van der Waals surface area contributed by atoms with Gasteiger partial charge in [-0.05, 0) is 36.2 Å². The molecule has 152 valence electrons. The largest absolute Gasteiger partial charge is 0.456 e. The molecule has 2 aromatic carbocycles. The molecule has 1 heterocycles. The van der Waals surface area contributed by atoms with Crippen LogP contribution in [-0.4, -0.2) is 39.3 Å². The van der Waals surface area contributed by atoms with E-state index in [4.69, 9.17) is 4.74 Å². The van der Waals surface area contributed by atoms with Crippen molar-refractivity contribution >= 4 is 33.4 Å². The predicted octanol–water partition coefficient (Wildman–Crippen LogP) is 1.86. The molecule has 0 aromatic heterocycles. The lowest BCUT2D eigenvalue weighted by Crippen LogP contribution is -2.23. The molecule has 1 aliphatic heterocycles. The zero-order valence-corrected chi connectivity index (χ0v) is 16.7. The highest BCUT2D eigenvalue weighted by atomic mass is 32.2. The highest BCUT2D eigenvalue weighted by Crippen LogP contribution is 2.22. The number of carbonyl (C=O) groups is 2. The van der Waals surface area contributed by atoms with Crippen molar-refractivity contribution in [3.63, 3.8) is 0 Å². The first-order chi connectivity index (χ1) is 13.9. The molecule has 0 radical (unpaired) electrons. The Hall–Kier alpha value is -3.20. The second-order valence-electron chi connectivity index (χ2n) is 6.34. The Morgan fingerprint density at radius 1 is 1.14 bits per heavy atom. The molecule has 0 unspecified atom stereocenters. The first kappa shape index (κ1) is 20.5. The molecule has 3 rings (SSSR count). The Morgan fingerprint density at radius 3 is 2.72 bits per heavy atom. The molecule has 9 heteroatoms. The predicted molar refractivity (Wildman–Crippen MR) is 108 cm³/mol. The van der Waals surface area contributed by atoms with Gasteiger partial charge in [0, 0.05) is 11.3 Å². The van der Waals surface area contributed by atoms with Crippen molar-refractivity contribution < 1.29 is 22.7 Å². The fraction of sp³-hybridized carbons (Fsp3) is 0.250. The average molecular weight is 415 g/mol. The minimum absolute atomic E-state index is 0.0329. The SMILES string of the molecule is CCc1cccc(NC(=O)COC(=O)CCN=C2NS(=O)(=O)c3ccccc32)c1. The number of hydrogen-bond donors (Lipinski definition) is 2. The molecule has 2 N–H and O–H groups in total. The fourth-order valence-corrected chi connectivity index (χ4v) is 4.05. The number of amides is 1. The third-order valence-corrected chi connectivity index (χ3v) is 5.63. The molecule has 0 saturated carbocycles. The number of fused-ring (bicyclic) bond motifs is 1. The zero-order valence-electron chi connectivity index (χ0n) is 15.8. The summed E-state index contributed by atoms with van der Waals surface area (Å²) in [4.78, 5) is 28.0. The summed E-state index contributed by atoms with van der Waals surface area (Å²) >= 11 is 0. The maximum atomic E-state index is 12.0. The molecule has 0 spiro atoms. The summed E-state index contributed by atoms with van der Waals surface area (Å²) in [7, 11) is -3.61. The van der Waals surface area contributed by atoms with E-state index in [0.717, 1.165) is 12.0 Å². The van der Waals surface area contributed by atoms with Crippen molar-refractivity contribution in [1.82, 2.24) is 4.72 Å². The zero-order chi connectivity index (χ0) is 20.9. The van der Waals surface area contributed by atoms with Crippen LogP contribution < -0.4 is 10.0 Å². The highest BCUT2D eigenvalue weighted by Gasteiger charge is 2.29. The van der Waals surface area contributed by atoms with Gasteiger partial charge < -0.3 is 10.1 Å². The number of benzene rings is 2. The maximum Gasteiger partial charge on any atom is 0.308 e. The molecule has 0 atom stereocenters. The Balaban J connectivity index is 1.47. The second-order valence-corrected chi connectivity index (χ2v) is 8.00. The van der Waals surface area contributed by atoms with Crippen LogP contribution in [0.15, 0.2) is 58.4 Å². The number of amidine groups is 1. The molecule has 2 aromatic rings. The summed E-state index contributed by atoms with van der Waals surface area (Å²) < 4.78 is 31.3. The summed E-state index contributed by atoms with van der Waals surface area (Å²) in [5.41, 5.74) is 2.20. The summed E-state index contributed by atoms with van der Waals surface area (Å²) in [5, 5.41) is 2.67. The first-order valence-corrected chi connectivity index (χ1v) is 10.6. The van der Waals surface area contributed by atoms with E-state index in [0.29, 0.717) is 11.3 Å². The number of nitrogens with one attached hydrogen (secondary N) is 2. The Bertz CT molecular complexity index is 1060. The van der Waals surface area contributed by atoms with E-state index in [2.05, 4.69) is 15.0 Å². The van der Waals surface area contributed by atoms with Gasteiger partial charge in [-0.25, -0.2) is 8.42 Å². The van der Waals surface area contributed by atoms with E-state index >= 15 is 0 Å². The first-order valence-electron chi connectivity index (χ1n) is 9.10. The van der Waals surface area contributed by atoms with Gasteiger partial charge in [-0.3, -0.25) is 19.3 Å². The van der Waals surface area contributed by atoms with Crippen LogP contribution in [0.2, 0.25) is 0 Å². The minimum atomic E-state index is -3.61. The third-order valence-electron chi connectivity index (χ3n) is 4.23. The highest BCUT2D eigenvalue weighted by molar-refractivity contribution is 7.90. The lowest BCUT2D eigenvalue weighted by atomic mass is 10.1. The van der Waals surface area contributed by atoms with Gasteiger partial charge >= 0.3 is 5.97 Å². The number of hydrogen-bond acceptors (Lipinski definition) is 6. The second kappa shape index (κ2) is 8.87. The number of ether oxygens (including phenoxy) is 1. The molecule has 0 saturated heterocycles. The average Bonchev–Trinajstić information content (AvgIpc) is 2.97. The van der Waals surface area contributed by atoms with Crippen LogP contribution in [0.4, 0.5) is 5.69 Å². The van der Waals surface area contributed by atoms with E-state index in [1.807, 2.05) is 25.1 Å². The topological polar surface area (TPSA) is 114 Å². The Labute approximate surface area is 169 Å². The normalized spacial score (nSPS) is 15.4. The van der Waals surface area contributed by atoms with Gasteiger partial charge in [-0.15, -0.1) is 0 Å². The van der Waals surface area contributed by atoms with Crippen LogP contribution in [0, 0.1) is 0 Å². The third kappa shape index (κ3) is 5.20. The van der Waals surface area contributed by atoms with E-state index in [-0.39, 0.29) is 23.7 Å². The summed E-state index contributed by atoms with van der Waals surface area (Å²) in [6, 6.07) is 13.9. The summed E-state index contributed by atoms with van der Waals surface area (Å²) in [5.74, 6) is -0.835. The van der Waals surface area contributed by atoms with Crippen LogP contribution in [0.5, 0.6) is 0 Å². The molecule has 0 fully saturated rings. The van der Waals surface area contributed by atoms with Crippen molar-refractivity contribution in [3.05, 3.63) is 59.7 Å². The number of sulfonamides is 1. The molecule has 0 aliphatic carbocycles. The van der Waals surface area contributed by atoms with Gasteiger partial charge in [0.05, 0.1) is 17.9 Å². The minimum Gasteiger partial charge on any atom is -0.456 e. The molecule has 29 heavy (non-hydrogen) atoms. The molecule has 0 bridgehead atoms. The van der Waals surface area contributed by atoms with E-state index < -0.39 is 28.5 Å². The molecular formula is C20H21N3O5S. The number of anilines is 1. The smallest absolute Gasteiger partial charge is 0.308 e. The van der Waals surface area contributed by atoms with Crippen LogP contribution in [0.3, 0.4) is 0 Å². The molecule has 8 nitrogen and oxygen atoms in total. The summed E-state index contributed by atoms with van der Waals surface area (Å²) in [6.07, 6.45) is 0.772. The monoisotopic (exact) mass is 415 g/mol. The standard InChI is InChI=1S/C20H21N3O5S/c1-2-14-6-5-7-15(12-14)22-18(24)13-28-19(25)10-11-21-20-16-8-3-4-9-17(16)29(26,27)23-20/h3-9,12H,2,10-11,13H2,1H3,(H,21,23)(H,22,24). The van der Waals surface area contributed by atoms with E-state index in [9.17, 15) is 18.0 Å². The molecule has 1 aliphatic rings. The fourth-order valence-electron chi connectivity index (χ4n) is 2.79. The molecule has 1 amide bonds. The van der Waals surface area contributed by atoms with Gasteiger partial charge in [0.15, 0.2) is 6.61 Å². The summed E-state index contributed by atoms with van der Waals surface area (Å²) in [6.45, 7) is 1.65. The molecular weight excluding hydrogens is 394 g/mol. The van der Waals surface area contributed by atoms with Gasteiger partial charge in [0.2, 0.25) is 0 Å². The van der Waals surface area contributed by atoms with Crippen LogP contribution in [0.1, 0.15) is 24.5 Å². The number of carbonyl (C=O) groups excluding carboxylic acids is 2. The Morgan fingerprint density at radius 2 is 1.93 bits per heavy atom. The lowest BCUT2D eigenvalue weighted by Gasteiger charge is -2.07. The van der Waals surface area contributed by atoms with Gasteiger partial charge in [0.25, 0.3) is 15.9 Å². The number of aliphatic imine (C=N–C) groups is 1. The van der Waals surface area contributed by atoms with Crippen molar-refractivity contribution in [2.45, 2.75) is 24.7 Å². The Kier molecular flexibility index (Phi) is 6.28. The maximum absolute atomic E-state index is 12.0. The van der Waals surface area contributed by atoms with Crippen LogP contribution in [-0.2, 0) is 30.8 Å². The van der Waals surface area contributed by atoms with Crippen molar-refractivity contribution in [1.29, 1.82) is 0 Å². The number of aryl methyl sites for hydroxylation is 1. The lowest BCUT2D eigenvalue weighted by molar-refractivity contribution is -0.147.